The number of thiophene rings is 1. The highest BCUT2D eigenvalue weighted by molar-refractivity contribution is 9.10. The molecule has 1 N–H and O–H groups in total. The Kier molecular flexibility index (Phi) is 4.53. The van der Waals surface area contributed by atoms with Crippen molar-refractivity contribution in [1.29, 1.82) is 0 Å². The molecule has 0 aliphatic carbocycles. The lowest BCUT2D eigenvalue weighted by Gasteiger charge is -2.28. The third kappa shape index (κ3) is 3.19. The standard InChI is InChI=1S/C17H16BrN3O2S2/c18-12-1-3-13(4-2-12)25(22,23)16-11-14-15(24-16)5-6-20-17(14)21-9-7-19-8-10-21/h1-6,11,19H,7-10H2. The first-order valence-corrected chi connectivity index (χ1v) is 11.0. The van der Waals surface area contributed by atoms with E-state index < -0.39 is 9.84 Å². The third-order valence-corrected chi connectivity index (χ3v) is 8.08. The average Bonchev–Trinajstić information content (AvgIpc) is 3.08. The van der Waals surface area contributed by atoms with Gasteiger partial charge in [0.15, 0.2) is 0 Å². The second-order valence-corrected chi connectivity index (χ2v) is 9.98. The minimum atomic E-state index is -3.53. The normalized spacial score (nSPS) is 15.6. The lowest BCUT2D eigenvalue weighted by Crippen LogP contribution is -2.43. The summed E-state index contributed by atoms with van der Waals surface area (Å²) in [4.78, 5) is 7.03. The molecule has 0 saturated carbocycles. The Hall–Kier alpha value is -1.48. The van der Waals surface area contributed by atoms with E-state index in [2.05, 4.69) is 31.1 Å². The van der Waals surface area contributed by atoms with Gasteiger partial charge in [0.2, 0.25) is 9.84 Å². The molecule has 2 aromatic heterocycles. The monoisotopic (exact) mass is 437 g/mol. The topological polar surface area (TPSA) is 62.3 Å². The molecular weight excluding hydrogens is 422 g/mol. The van der Waals surface area contributed by atoms with E-state index in [0.29, 0.717) is 9.10 Å². The summed E-state index contributed by atoms with van der Waals surface area (Å²) in [5.74, 6) is 0.868. The minimum absolute atomic E-state index is 0.305. The molecule has 1 aliphatic heterocycles. The zero-order chi connectivity index (χ0) is 17.4. The van der Waals surface area contributed by atoms with Crippen LogP contribution in [0.3, 0.4) is 0 Å². The van der Waals surface area contributed by atoms with Crippen molar-refractivity contribution in [2.24, 2.45) is 0 Å². The van der Waals surface area contributed by atoms with Gasteiger partial charge in [-0.1, -0.05) is 15.9 Å². The summed E-state index contributed by atoms with van der Waals surface area (Å²) < 4.78 is 28.1. The van der Waals surface area contributed by atoms with Crippen molar-refractivity contribution in [2.75, 3.05) is 31.1 Å². The lowest BCUT2D eigenvalue weighted by molar-refractivity contribution is 0.586. The predicted molar refractivity (Wildman–Crippen MR) is 104 cm³/mol. The van der Waals surface area contributed by atoms with Gasteiger partial charge in [-0.25, -0.2) is 13.4 Å². The van der Waals surface area contributed by atoms with Crippen molar-refractivity contribution in [2.45, 2.75) is 9.10 Å². The van der Waals surface area contributed by atoms with Gasteiger partial charge in [0, 0.05) is 46.9 Å². The van der Waals surface area contributed by atoms with Crippen molar-refractivity contribution >= 4 is 53.0 Å². The first kappa shape index (κ1) is 17.0. The number of hydrogen-bond acceptors (Lipinski definition) is 6. The predicted octanol–water partition coefficient (Wildman–Crippen LogP) is 3.30. The van der Waals surface area contributed by atoms with Crippen molar-refractivity contribution in [1.82, 2.24) is 10.3 Å². The third-order valence-electron chi connectivity index (χ3n) is 4.21. The molecular formula is C17H16BrN3O2S2. The van der Waals surface area contributed by atoms with Crippen molar-refractivity contribution in [3.8, 4) is 0 Å². The summed E-state index contributed by atoms with van der Waals surface area (Å²) in [6.07, 6.45) is 1.76. The van der Waals surface area contributed by atoms with E-state index in [0.717, 1.165) is 46.6 Å². The van der Waals surface area contributed by atoms with Crippen molar-refractivity contribution in [3.05, 3.63) is 47.1 Å². The number of nitrogens with one attached hydrogen (secondary N) is 1. The molecule has 8 heteroatoms. The van der Waals surface area contributed by atoms with Crippen LogP contribution in [0.5, 0.6) is 0 Å². The first-order chi connectivity index (χ1) is 12.1. The SMILES string of the molecule is O=S(=O)(c1ccc(Br)cc1)c1cc2c(N3CCNCC3)nccc2s1. The Balaban J connectivity index is 1.80. The van der Waals surface area contributed by atoms with Gasteiger partial charge in [-0.2, -0.15) is 0 Å². The zero-order valence-electron chi connectivity index (χ0n) is 13.3. The molecule has 0 bridgehead atoms. The Morgan fingerprint density at radius 3 is 2.56 bits per heavy atom. The molecule has 1 fully saturated rings. The number of aromatic nitrogens is 1. The molecule has 5 nitrogen and oxygen atoms in total. The van der Waals surface area contributed by atoms with E-state index >= 15 is 0 Å². The van der Waals surface area contributed by atoms with Crippen LogP contribution in [0, 0.1) is 0 Å². The maximum atomic E-state index is 13.0. The summed E-state index contributed by atoms with van der Waals surface area (Å²) >= 11 is 4.64. The summed E-state index contributed by atoms with van der Waals surface area (Å²) in [6.45, 7) is 3.56. The van der Waals surface area contributed by atoms with Crippen LogP contribution < -0.4 is 10.2 Å². The number of piperazine rings is 1. The van der Waals surface area contributed by atoms with E-state index in [4.69, 9.17) is 0 Å². The number of sulfone groups is 1. The molecule has 25 heavy (non-hydrogen) atoms. The Morgan fingerprint density at radius 2 is 1.84 bits per heavy atom. The number of halogens is 1. The second kappa shape index (κ2) is 6.68. The van der Waals surface area contributed by atoms with Crippen molar-refractivity contribution < 1.29 is 8.42 Å². The largest absolute Gasteiger partial charge is 0.354 e. The van der Waals surface area contributed by atoms with Gasteiger partial charge in [0.25, 0.3) is 0 Å². The van der Waals surface area contributed by atoms with Gasteiger partial charge in [-0.05, 0) is 36.4 Å². The van der Waals surface area contributed by atoms with E-state index in [1.807, 2.05) is 6.07 Å². The van der Waals surface area contributed by atoms with Crippen LogP contribution in [0.15, 0.2) is 56.2 Å². The van der Waals surface area contributed by atoms with Crippen LogP contribution in [-0.2, 0) is 9.84 Å². The van der Waals surface area contributed by atoms with Crippen LogP contribution in [0.4, 0.5) is 5.82 Å². The number of benzene rings is 1. The number of nitrogens with zero attached hydrogens (tertiary/aromatic N) is 2. The zero-order valence-corrected chi connectivity index (χ0v) is 16.5. The van der Waals surface area contributed by atoms with Gasteiger partial charge in [-0.15, -0.1) is 11.3 Å². The maximum absolute atomic E-state index is 13.0. The summed E-state index contributed by atoms with van der Waals surface area (Å²) in [6, 6.07) is 10.4. The minimum Gasteiger partial charge on any atom is -0.354 e. The molecule has 1 aromatic carbocycles. The van der Waals surface area contributed by atoms with E-state index in [9.17, 15) is 8.42 Å². The van der Waals surface area contributed by atoms with Gasteiger partial charge in [-0.3, -0.25) is 0 Å². The summed E-state index contributed by atoms with van der Waals surface area (Å²) in [5.41, 5.74) is 0. The molecule has 0 radical (unpaired) electrons. The highest BCUT2D eigenvalue weighted by Gasteiger charge is 2.23. The highest BCUT2D eigenvalue weighted by atomic mass is 79.9. The fraction of sp³-hybridized carbons (Fsp3) is 0.235. The molecule has 1 saturated heterocycles. The molecule has 1 aliphatic rings. The second-order valence-electron chi connectivity index (χ2n) is 5.81. The van der Waals surface area contributed by atoms with Gasteiger partial charge >= 0.3 is 0 Å². The Labute approximate surface area is 158 Å². The Morgan fingerprint density at radius 1 is 1.12 bits per heavy atom. The molecule has 0 spiro atoms. The Bertz CT molecular complexity index is 1010. The number of fused-ring (bicyclic) bond motifs is 1. The summed E-state index contributed by atoms with van der Waals surface area (Å²) in [5, 5.41) is 4.23. The van der Waals surface area contributed by atoms with E-state index in [1.165, 1.54) is 11.3 Å². The van der Waals surface area contributed by atoms with Gasteiger partial charge < -0.3 is 10.2 Å². The quantitative estimate of drug-likeness (QED) is 0.680. The first-order valence-electron chi connectivity index (χ1n) is 7.90. The fourth-order valence-electron chi connectivity index (χ4n) is 2.92. The molecule has 0 unspecified atom stereocenters. The van der Waals surface area contributed by atoms with Crippen LogP contribution in [0.1, 0.15) is 0 Å². The number of hydrogen-bond donors (Lipinski definition) is 1. The van der Waals surface area contributed by atoms with E-state index in [-0.39, 0.29) is 0 Å². The van der Waals surface area contributed by atoms with Gasteiger partial charge in [0.05, 0.1) is 4.90 Å². The number of rotatable bonds is 3. The molecule has 0 amide bonds. The fourth-order valence-corrected chi connectivity index (χ4v) is 5.96. The van der Waals surface area contributed by atoms with Crippen LogP contribution in [0.2, 0.25) is 0 Å². The average molecular weight is 438 g/mol. The molecule has 0 atom stereocenters. The lowest BCUT2D eigenvalue weighted by atomic mass is 10.2. The summed E-state index contributed by atoms with van der Waals surface area (Å²) in [7, 11) is -3.53. The highest BCUT2D eigenvalue weighted by Crippen LogP contribution is 2.36. The van der Waals surface area contributed by atoms with Gasteiger partial charge in [0.1, 0.15) is 10.0 Å². The van der Waals surface area contributed by atoms with Crippen molar-refractivity contribution in [3.63, 3.8) is 0 Å². The maximum Gasteiger partial charge on any atom is 0.215 e. The number of anilines is 1. The number of pyridine rings is 1. The molecule has 130 valence electrons. The smallest absolute Gasteiger partial charge is 0.215 e. The van der Waals surface area contributed by atoms with Crippen LogP contribution >= 0.6 is 27.3 Å². The molecule has 3 aromatic rings. The molecule has 3 heterocycles. The van der Waals surface area contributed by atoms with Crippen LogP contribution in [-0.4, -0.2) is 39.6 Å². The van der Waals surface area contributed by atoms with Crippen LogP contribution in [0.25, 0.3) is 10.1 Å². The van der Waals surface area contributed by atoms with E-state index in [1.54, 1.807) is 36.5 Å². The molecule has 4 rings (SSSR count).